The summed E-state index contributed by atoms with van der Waals surface area (Å²) in [5.41, 5.74) is 0. The molecule has 0 aromatic heterocycles. The highest BCUT2D eigenvalue weighted by Crippen LogP contribution is 1.93. The molecular formula is C11H24N4O. The molecule has 1 heterocycles. The van der Waals surface area contributed by atoms with Gasteiger partial charge in [-0.25, -0.2) is 4.79 Å². The second-order valence-electron chi connectivity index (χ2n) is 4.25. The number of carbonyl (C=O) groups excluding carboxylic acids is 1. The minimum absolute atomic E-state index is 0.0389. The van der Waals surface area contributed by atoms with Crippen LogP contribution in [-0.2, 0) is 0 Å². The monoisotopic (exact) mass is 228 g/mol. The van der Waals surface area contributed by atoms with Crippen molar-refractivity contribution in [2.45, 2.75) is 13.3 Å². The second kappa shape index (κ2) is 7.46. The van der Waals surface area contributed by atoms with Crippen molar-refractivity contribution < 1.29 is 4.79 Å². The second-order valence-corrected chi connectivity index (χ2v) is 4.25. The summed E-state index contributed by atoms with van der Waals surface area (Å²) in [6.07, 6.45) is 0.984. The number of rotatable bonds is 5. The lowest BCUT2D eigenvalue weighted by atomic mass is 10.3. The molecule has 1 aliphatic heterocycles. The van der Waals surface area contributed by atoms with Gasteiger partial charge in [-0.3, -0.25) is 4.90 Å². The molecule has 1 saturated heterocycles. The fourth-order valence-electron chi connectivity index (χ4n) is 1.69. The normalized spacial score (nSPS) is 17.1. The van der Waals surface area contributed by atoms with Crippen LogP contribution >= 0.6 is 0 Å². The van der Waals surface area contributed by atoms with Crippen LogP contribution in [-0.4, -0.2) is 68.7 Å². The molecule has 1 aliphatic rings. The van der Waals surface area contributed by atoms with Crippen LogP contribution in [0.2, 0.25) is 0 Å². The third kappa shape index (κ3) is 4.81. The molecular weight excluding hydrogens is 204 g/mol. The number of nitrogens with zero attached hydrogens (tertiary/aromatic N) is 2. The zero-order valence-electron chi connectivity index (χ0n) is 10.5. The first kappa shape index (κ1) is 13.3. The Morgan fingerprint density at radius 3 is 2.75 bits per heavy atom. The quantitative estimate of drug-likeness (QED) is 0.693. The van der Waals surface area contributed by atoms with Crippen molar-refractivity contribution in [2.24, 2.45) is 0 Å². The van der Waals surface area contributed by atoms with E-state index in [1.54, 1.807) is 4.90 Å². The first-order valence-corrected chi connectivity index (χ1v) is 6.16. The molecule has 0 spiro atoms. The highest BCUT2D eigenvalue weighted by atomic mass is 16.2. The minimum atomic E-state index is 0.0389. The topological polar surface area (TPSA) is 47.6 Å². The Morgan fingerprint density at radius 1 is 1.44 bits per heavy atom. The molecule has 2 N–H and O–H groups in total. The Morgan fingerprint density at radius 2 is 2.12 bits per heavy atom. The van der Waals surface area contributed by atoms with Crippen molar-refractivity contribution in [3.05, 3.63) is 0 Å². The summed E-state index contributed by atoms with van der Waals surface area (Å²) in [5.74, 6) is 0. The summed E-state index contributed by atoms with van der Waals surface area (Å²) in [5, 5.41) is 6.19. The van der Waals surface area contributed by atoms with Crippen LogP contribution in [0, 0.1) is 0 Å². The van der Waals surface area contributed by atoms with Gasteiger partial charge in [-0.05, 0) is 6.42 Å². The summed E-state index contributed by atoms with van der Waals surface area (Å²) in [4.78, 5) is 15.7. The standard InChI is InChI=1S/C11H24N4O/c1-3-4-13-11(16)14(2)9-10-15-7-5-12-6-8-15/h12H,3-10H2,1-2H3,(H,13,16). The Kier molecular flexibility index (Phi) is 6.18. The Hall–Kier alpha value is -0.810. The largest absolute Gasteiger partial charge is 0.338 e. The number of piperazine rings is 1. The van der Waals surface area contributed by atoms with Crippen LogP contribution in [0.4, 0.5) is 4.79 Å². The average Bonchev–Trinajstić information content (AvgIpc) is 2.34. The van der Waals surface area contributed by atoms with Crippen molar-refractivity contribution in [1.29, 1.82) is 0 Å². The van der Waals surface area contributed by atoms with E-state index in [9.17, 15) is 4.79 Å². The van der Waals surface area contributed by atoms with E-state index in [1.807, 2.05) is 7.05 Å². The maximum atomic E-state index is 11.6. The molecule has 0 aliphatic carbocycles. The highest BCUT2D eigenvalue weighted by molar-refractivity contribution is 5.73. The van der Waals surface area contributed by atoms with Gasteiger partial charge in [0, 0.05) is 52.9 Å². The van der Waals surface area contributed by atoms with Crippen LogP contribution in [0.1, 0.15) is 13.3 Å². The number of nitrogens with one attached hydrogen (secondary N) is 2. The van der Waals surface area contributed by atoms with Crippen LogP contribution in [0.3, 0.4) is 0 Å². The van der Waals surface area contributed by atoms with Crippen LogP contribution < -0.4 is 10.6 Å². The highest BCUT2D eigenvalue weighted by Gasteiger charge is 2.12. The number of amides is 2. The van der Waals surface area contributed by atoms with Crippen molar-refractivity contribution in [2.75, 3.05) is 52.9 Å². The van der Waals surface area contributed by atoms with E-state index in [2.05, 4.69) is 22.5 Å². The van der Waals surface area contributed by atoms with Gasteiger partial charge < -0.3 is 15.5 Å². The van der Waals surface area contributed by atoms with E-state index < -0.39 is 0 Å². The van der Waals surface area contributed by atoms with E-state index >= 15 is 0 Å². The van der Waals surface area contributed by atoms with Gasteiger partial charge in [0.1, 0.15) is 0 Å². The van der Waals surface area contributed by atoms with Crippen molar-refractivity contribution in [3.63, 3.8) is 0 Å². The molecule has 1 fully saturated rings. The molecule has 0 radical (unpaired) electrons. The van der Waals surface area contributed by atoms with Gasteiger partial charge >= 0.3 is 6.03 Å². The van der Waals surface area contributed by atoms with Gasteiger partial charge in [0.2, 0.25) is 0 Å². The third-order valence-corrected chi connectivity index (χ3v) is 2.83. The first-order chi connectivity index (χ1) is 7.74. The molecule has 2 amide bonds. The average molecular weight is 228 g/mol. The molecule has 0 unspecified atom stereocenters. The Balaban J connectivity index is 2.12. The van der Waals surface area contributed by atoms with Gasteiger partial charge in [0.15, 0.2) is 0 Å². The first-order valence-electron chi connectivity index (χ1n) is 6.16. The fourth-order valence-corrected chi connectivity index (χ4v) is 1.69. The number of urea groups is 1. The van der Waals surface area contributed by atoms with Crippen molar-refractivity contribution in [3.8, 4) is 0 Å². The van der Waals surface area contributed by atoms with Crippen LogP contribution in [0.5, 0.6) is 0 Å². The van der Waals surface area contributed by atoms with E-state index in [0.717, 1.165) is 52.2 Å². The molecule has 0 atom stereocenters. The third-order valence-electron chi connectivity index (χ3n) is 2.83. The van der Waals surface area contributed by atoms with E-state index in [1.165, 1.54) is 0 Å². The lowest BCUT2D eigenvalue weighted by Gasteiger charge is -2.29. The zero-order valence-corrected chi connectivity index (χ0v) is 10.5. The van der Waals surface area contributed by atoms with Gasteiger partial charge in [-0.2, -0.15) is 0 Å². The summed E-state index contributed by atoms with van der Waals surface area (Å²) < 4.78 is 0. The molecule has 1 rings (SSSR count). The smallest absolute Gasteiger partial charge is 0.317 e. The summed E-state index contributed by atoms with van der Waals surface area (Å²) in [7, 11) is 1.85. The molecule has 0 saturated carbocycles. The van der Waals surface area contributed by atoms with Crippen molar-refractivity contribution in [1.82, 2.24) is 20.4 Å². The van der Waals surface area contributed by atoms with Crippen LogP contribution in [0.15, 0.2) is 0 Å². The predicted molar refractivity (Wildman–Crippen MR) is 65.6 cm³/mol. The van der Waals surface area contributed by atoms with E-state index in [0.29, 0.717) is 0 Å². The summed E-state index contributed by atoms with van der Waals surface area (Å²) >= 11 is 0. The van der Waals surface area contributed by atoms with Crippen molar-refractivity contribution >= 4 is 6.03 Å². The minimum Gasteiger partial charge on any atom is -0.338 e. The summed E-state index contributed by atoms with van der Waals surface area (Å²) in [6, 6.07) is 0.0389. The van der Waals surface area contributed by atoms with Gasteiger partial charge in [0.05, 0.1) is 0 Å². The van der Waals surface area contributed by atoms with Gasteiger partial charge in [0.25, 0.3) is 0 Å². The van der Waals surface area contributed by atoms with E-state index in [4.69, 9.17) is 0 Å². The lowest BCUT2D eigenvalue weighted by Crippen LogP contribution is -2.47. The predicted octanol–water partition coefficient (Wildman–Crippen LogP) is -0.0570. The van der Waals surface area contributed by atoms with Gasteiger partial charge in [-0.15, -0.1) is 0 Å². The molecule has 16 heavy (non-hydrogen) atoms. The molecule has 5 heteroatoms. The number of hydrogen-bond acceptors (Lipinski definition) is 3. The maximum Gasteiger partial charge on any atom is 0.317 e. The molecule has 0 aromatic carbocycles. The lowest BCUT2D eigenvalue weighted by molar-refractivity contribution is 0.188. The Labute approximate surface area is 98.2 Å². The number of likely N-dealkylation sites (N-methyl/N-ethyl adjacent to an activating group) is 1. The maximum absolute atomic E-state index is 11.6. The summed E-state index contributed by atoms with van der Waals surface area (Å²) in [6.45, 7) is 8.89. The zero-order chi connectivity index (χ0) is 11.8. The SMILES string of the molecule is CCCNC(=O)N(C)CCN1CCNCC1. The van der Waals surface area contributed by atoms with Crippen LogP contribution in [0.25, 0.3) is 0 Å². The molecule has 94 valence electrons. The fraction of sp³-hybridized carbons (Fsp3) is 0.909. The molecule has 5 nitrogen and oxygen atoms in total. The Bertz CT molecular complexity index is 204. The number of hydrogen-bond donors (Lipinski definition) is 2. The van der Waals surface area contributed by atoms with Gasteiger partial charge in [-0.1, -0.05) is 6.92 Å². The molecule has 0 aromatic rings. The molecule has 0 bridgehead atoms. The number of carbonyl (C=O) groups is 1. The van der Waals surface area contributed by atoms with E-state index in [-0.39, 0.29) is 6.03 Å².